The Morgan fingerprint density at radius 1 is 1.00 bits per heavy atom. The van der Waals surface area contributed by atoms with Gasteiger partial charge in [-0.05, 0) is 65.9 Å². The number of rotatable bonds is 5. The molecule has 3 nitrogen and oxygen atoms in total. The van der Waals surface area contributed by atoms with E-state index in [9.17, 15) is 18.0 Å². The number of fused-ring (bicyclic) bond motifs is 1. The maximum atomic E-state index is 14.1. The van der Waals surface area contributed by atoms with E-state index >= 15 is 0 Å². The summed E-state index contributed by atoms with van der Waals surface area (Å²) in [6.45, 7) is 0.204. The lowest BCUT2D eigenvalue weighted by Gasteiger charge is -2.31. The van der Waals surface area contributed by atoms with Crippen molar-refractivity contribution in [3.05, 3.63) is 131 Å². The van der Waals surface area contributed by atoms with E-state index in [1.54, 1.807) is 23.2 Å². The highest BCUT2D eigenvalue weighted by atomic mass is 19.4. The molecule has 0 aromatic heterocycles. The van der Waals surface area contributed by atoms with Gasteiger partial charge < -0.3 is 9.80 Å². The van der Waals surface area contributed by atoms with Crippen molar-refractivity contribution in [2.45, 2.75) is 31.6 Å². The number of allylic oxidation sites excluding steroid dienone is 2. The summed E-state index contributed by atoms with van der Waals surface area (Å²) in [6.07, 6.45) is 4.45. The molecule has 0 radical (unpaired) electrons. The second-order valence-electron chi connectivity index (χ2n) is 8.61. The first-order chi connectivity index (χ1) is 16.9. The van der Waals surface area contributed by atoms with Gasteiger partial charge in [0, 0.05) is 12.7 Å². The van der Waals surface area contributed by atoms with E-state index in [-0.39, 0.29) is 18.5 Å². The second kappa shape index (κ2) is 9.32. The number of carbonyl (C=O) groups excluding carboxylic acids is 1. The Bertz CT molecular complexity index is 1330. The first kappa shape index (κ1) is 22.8. The molecule has 176 valence electrons. The van der Waals surface area contributed by atoms with Gasteiger partial charge in [-0.15, -0.1) is 5.73 Å². The van der Waals surface area contributed by atoms with E-state index in [4.69, 9.17) is 0 Å². The number of aryl methyl sites for hydroxylation is 1. The molecule has 1 heterocycles. The third-order valence-corrected chi connectivity index (χ3v) is 6.44. The smallest absolute Gasteiger partial charge is 0.327 e. The zero-order valence-electron chi connectivity index (χ0n) is 18.9. The molecule has 0 N–H and O–H groups in total. The number of hydrogen-bond acceptors (Lipinski definition) is 2. The summed E-state index contributed by atoms with van der Waals surface area (Å²) < 4.78 is 39.2. The molecule has 0 bridgehead atoms. The number of nitrogens with zero attached hydrogens (tertiary/aromatic N) is 2. The highest BCUT2D eigenvalue weighted by molar-refractivity contribution is 6.00. The Kier molecular flexibility index (Phi) is 6.06. The van der Waals surface area contributed by atoms with Crippen molar-refractivity contribution in [3.63, 3.8) is 0 Å². The summed E-state index contributed by atoms with van der Waals surface area (Å²) in [5, 5.41) is 0. The van der Waals surface area contributed by atoms with Gasteiger partial charge in [0.15, 0.2) is 0 Å². The maximum absolute atomic E-state index is 14.1. The van der Waals surface area contributed by atoms with Gasteiger partial charge in [-0.2, -0.15) is 13.2 Å². The van der Waals surface area contributed by atoms with Crippen LogP contribution in [-0.2, 0) is 19.1 Å². The molecule has 2 aliphatic rings. The van der Waals surface area contributed by atoms with Crippen molar-refractivity contribution in [1.29, 1.82) is 0 Å². The van der Waals surface area contributed by atoms with Gasteiger partial charge in [0.25, 0.3) is 5.91 Å². The van der Waals surface area contributed by atoms with Crippen LogP contribution in [0.15, 0.2) is 103 Å². The zero-order chi connectivity index (χ0) is 24.4. The number of halogens is 3. The summed E-state index contributed by atoms with van der Waals surface area (Å²) in [6, 6.07) is 20.3. The molecule has 0 saturated carbocycles. The van der Waals surface area contributed by atoms with Crippen molar-refractivity contribution in [2.75, 3.05) is 4.90 Å². The molecule has 1 atom stereocenters. The largest absolute Gasteiger partial charge is 0.416 e. The fraction of sp³-hybridized carbons (Fsp3) is 0.172. The highest BCUT2D eigenvalue weighted by Gasteiger charge is 2.33. The van der Waals surface area contributed by atoms with Gasteiger partial charge in [0.05, 0.1) is 29.1 Å². The molecule has 0 saturated heterocycles. The normalized spacial score (nSPS) is 16.4. The van der Waals surface area contributed by atoms with Crippen LogP contribution in [0, 0.1) is 0 Å². The molecule has 0 fully saturated rings. The number of carbonyl (C=O) groups is 1. The number of anilines is 1. The van der Waals surface area contributed by atoms with Crippen LogP contribution in [-0.4, -0.2) is 10.8 Å². The summed E-state index contributed by atoms with van der Waals surface area (Å²) >= 11 is 0. The topological polar surface area (TPSA) is 23.6 Å². The monoisotopic (exact) mass is 472 g/mol. The molecular formula is C29H23F3N2O. The van der Waals surface area contributed by atoms with Crippen molar-refractivity contribution in [3.8, 4) is 0 Å². The van der Waals surface area contributed by atoms with Crippen LogP contribution >= 0.6 is 0 Å². The lowest BCUT2D eigenvalue weighted by molar-refractivity contribution is -0.137. The van der Waals surface area contributed by atoms with Crippen LogP contribution in [0.4, 0.5) is 18.9 Å². The van der Waals surface area contributed by atoms with E-state index in [1.165, 1.54) is 17.7 Å². The molecule has 3 aromatic carbocycles. The Hall–Kier alpha value is -4.02. The van der Waals surface area contributed by atoms with Gasteiger partial charge >= 0.3 is 6.18 Å². The molecule has 5 rings (SSSR count). The minimum Gasteiger partial charge on any atom is -0.327 e. The second-order valence-corrected chi connectivity index (χ2v) is 8.61. The van der Waals surface area contributed by atoms with Crippen molar-refractivity contribution >= 4 is 11.6 Å². The third-order valence-electron chi connectivity index (χ3n) is 6.44. The molecular weight excluding hydrogens is 449 g/mol. The molecule has 1 unspecified atom stereocenters. The lowest BCUT2D eigenvalue weighted by atomic mass is 10.0. The average Bonchev–Trinajstić information content (AvgIpc) is 3.31. The Morgan fingerprint density at radius 2 is 1.74 bits per heavy atom. The van der Waals surface area contributed by atoms with Crippen LogP contribution in [0.25, 0.3) is 0 Å². The average molecular weight is 473 g/mol. The Morgan fingerprint density at radius 3 is 2.49 bits per heavy atom. The summed E-state index contributed by atoms with van der Waals surface area (Å²) in [7, 11) is 0. The summed E-state index contributed by atoms with van der Waals surface area (Å²) in [5.41, 5.74) is 6.50. The molecule has 35 heavy (non-hydrogen) atoms. The van der Waals surface area contributed by atoms with Gasteiger partial charge in [-0.3, -0.25) is 4.79 Å². The lowest BCUT2D eigenvalue weighted by Crippen LogP contribution is -2.34. The predicted molar refractivity (Wildman–Crippen MR) is 130 cm³/mol. The predicted octanol–water partition coefficient (Wildman–Crippen LogP) is 7.04. The SMILES string of the molecule is O=C(c1ccccc1N1C=C=CC=C1)N(Cc1ccc(C(F)(F)F)cc1)C1CCc2ccccc21. The minimum atomic E-state index is -4.40. The van der Waals surface area contributed by atoms with E-state index in [0.717, 1.165) is 36.2 Å². The Labute approximate surface area is 202 Å². The molecule has 1 amide bonds. The van der Waals surface area contributed by atoms with Crippen LogP contribution in [0.5, 0.6) is 0 Å². The number of para-hydroxylation sites is 1. The van der Waals surface area contributed by atoms with Crippen molar-refractivity contribution in [2.24, 2.45) is 0 Å². The first-order valence-corrected chi connectivity index (χ1v) is 11.4. The van der Waals surface area contributed by atoms with Crippen molar-refractivity contribution in [1.82, 2.24) is 4.90 Å². The summed E-state index contributed by atoms with van der Waals surface area (Å²) in [5.74, 6) is -0.168. The highest BCUT2D eigenvalue weighted by Crippen LogP contribution is 2.38. The van der Waals surface area contributed by atoms with Crippen LogP contribution in [0.2, 0.25) is 0 Å². The van der Waals surface area contributed by atoms with E-state index in [2.05, 4.69) is 11.8 Å². The standard InChI is InChI=1S/C29H23F3N2O/c30-29(31,32)23-15-12-21(13-16-23)20-34(27-17-14-22-8-2-3-9-24(22)27)28(35)25-10-4-5-11-26(25)33-18-6-1-7-19-33/h1-6,8-13,15-16,18-19,27H,14,17,20H2. The van der Waals surface area contributed by atoms with Gasteiger partial charge in [-0.1, -0.05) is 48.5 Å². The van der Waals surface area contributed by atoms with E-state index in [1.807, 2.05) is 53.6 Å². The number of amides is 1. The third kappa shape index (κ3) is 4.66. The van der Waals surface area contributed by atoms with E-state index < -0.39 is 11.7 Å². The number of hydrogen-bond donors (Lipinski definition) is 0. The maximum Gasteiger partial charge on any atom is 0.416 e. The fourth-order valence-corrected chi connectivity index (χ4v) is 4.72. The number of alkyl halides is 3. The van der Waals surface area contributed by atoms with Crippen molar-refractivity contribution < 1.29 is 18.0 Å². The van der Waals surface area contributed by atoms with Crippen LogP contribution in [0.3, 0.4) is 0 Å². The Balaban J connectivity index is 1.53. The molecule has 3 aromatic rings. The molecule has 1 aliphatic heterocycles. The fourth-order valence-electron chi connectivity index (χ4n) is 4.72. The first-order valence-electron chi connectivity index (χ1n) is 11.4. The van der Waals surface area contributed by atoms with Gasteiger partial charge in [0.2, 0.25) is 0 Å². The molecule has 6 heteroatoms. The quantitative estimate of drug-likeness (QED) is 0.372. The van der Waals surface area contributed by atoms with Crippen LogP contribution in [0.1, 0.15) is 45.1 Å². The zero-order valence-corrected chi connectivity index (χ0v) is 18.9. The summed E-state index contributed by atoms with van der Waals surface area (Å²) in [4.78, 5) is 17.7. The van der Waals surface area contributed by atoms with Crippen LogP contribution < -0.4 is 4.90 Å². The van der Waals surface area contributed by atoms with Gasteiger partial charge in [0.1, 0.15) is 0 Å². The number of benzene rings is 3. The molecule has 1 aliphatic carbocycles. The minimum absolute atomic E-state index is 0.165. The molecule has 0 spiro atoms. The van der Waals surface area contributed by atoms with E-state index in [0.29, 0.717) is 11.1 Å². The van der Waals surface area contributed by atoms with Gasteiger partial charge in [-0.25, -0.2) is 0 Å².